The van der Waals surface area contributed by atoms with E-state index in [9.17, 15) is 0 Å². The number of fused-ring (bicyclic) bond motifs is 1. The maximum atomic E-state index is 5.91. The smallest absolute Gasteiger partial charge is 0.118 e. The summed E-state index contributed by atoms with van der Waals surface area (Å²) in [4.78, 5) is 5.77. The summed E-state index contributed by atoms with van der Waals surface area (Å²) in [5, 5.41) is 1.78. The fourth-order valence-corrected chi connectivity index (χ4v) is 2.63. The van der Waals surface area contributed by atoms with Crippen LogP contribution in [0.15, 0.2) is 23.1 Å². The Morgan fingerprint density at radius 3 is 3.07 bits per heavy atom. The van der Waals surface area contributed by atoms with Crippen molar-refractivity contribution in [1.29, 1.82) is 0 Å². The number of allylic oxidation sites excluding steroid dienone is 1. The van der Waals surface area contributed by atoms with E-state index in [2.05, 4.69) is 24.2 Å². The molecule has 2 aromatic rings. The number of thioether (sulfide) groups is 1. The normalized spacial score (nSPS) is 12.3. The third-order valence-electron chi connectivity index (χ3n) is 2.01. The quantitative estimate of drug-likeness (QED) is 0.773. The van der Waals surface area contributed by atoms with Gasteiger partial charge < -0.3 is 0 Å². The molecule has 0 amide bonds. The molecule has 0 bridgehead atoms. The molecule has 78 valence electrons. The van der Waals surface area contributed by atoms with Crippen LogP contribution in [0, 0.1) is 0 Å². The molecule has 0 saturated heterocycles. The molecule has 1 aromatic heterocycles. The van der Waals surface area contributed by atoms with Gasteiger partial charge in [0.05, 0.1) is 10.2 Å². The molecular formula is C11H10ClNS2. The standard InChI is InChI=1S/C11H10ClNS2/c1-7(14-2)5-11-13-9-6-8(12)3-4-10(9)15-11/h3-6H,1-2H3. The summed E-state index contributed by atoms with van der Waals surface area (Å²) < 4.78 is 1.18. The largest absolute Gasteiger partial charge is 0.237 e. The summed E-state index contributed by atoms with van der Waals surface area (Å²) in [5.41, 5.74) is 0.979. The van der Waals surface area contributed by atoms with E-state index in [-0.39, 0.29) is 0 Å². The summed E-state index contributed by atoms with van der Waals surface area (Å²) in [6, 6.07) is 5.82. The van der Waals surface area contributed by atoms with E-state index in [1.165, 1.54) is 9.61 Å². The highest BCUT2D eigenvalue weighted by Crippen LogP contribution is 2.27. The fraction of sp³-hybridized carbons (Fsp3) is 0.182. The second-order valence-electron chi connectivity index (χ2n) is 3.12. The highest BCUT2D eigenvalue weighted by molar-refractivity contribution is 8.02. The second-order valence-corrected chi connectivity index (χ2v) is 5.67. The first-order valence-electron chi connectivity index (χ1n) is 4.47. The molecule has 0 aliphatic rings. The van der Waals surface area contributed by atoms with Gasteiger partial charge in [-0.25, -0.2) is 4.98 Å². The summed E-state index contributed by atoms with van der Waals surface area (Å²) in [7, 11) is 0. The summed E-state index contributed by atoms with van der Waals surface area (Å²) >= 11 is 9.33. The first kappa shape index (κ1) is 11.0. The average molecular weight is 256 g/mol. The van der Waals surface area contributed by atoms with Crippen molar-refractivity contribution in [3.63, 3.8) is 0 Å². The van der Waals surface area contributed by atoms with E-state index in [0.717, 1.165) is 15.5 Å². The van der Waals surface area contributed by atoms with Crippen molar-refractivity contribution in [3.05, 3.63) is 33.1 Å². The highest BCUT2D eigenvalue weighted by atomic mass is 35.5. The maximum absolute atomic E-state index is 5.91. The molecule has 0 radical (unpaired) electrons. The van der Waals surface area contributed by atoms with Crippen molar-refractivity contribution in [2.24, 2.45) is 0 Å². The Morgan fingerprint density at radius 1 is 1.53 bits per heavy atom. The minimum Gasteiger partial charge on any atom is -0.237 e. The molecule has 0 spiro atoms. The zero-order valence-corrected chi connectivity index (χ0v) is 10.8. The van der Waals surface area contributed by atoms with Gasteiger partial charge in [0, 0.05) is 5.02 Å². The SMILES string of the molecule is CSC(C)=Cc1nc2cc(Cl)ccc2s1. The monoisotopic (exact) mass is 255 g/mol. The topological polar surface area (TPSA) is 12.9 Å². The molecule has 0 unspecified atom stereocenters. The van der Waals surface area contributed by atoms with E-state index in [0.29, 0.717) is 0 Å². The number of halogens is 1. The van der Waals surface area contributed by atoms with Crippen LogP contribution >= 0.6 is 34.7 Å². The van der Waals surface area contributed by atoms with Crippen LogP contribution in [0.4, 0.5) is 0 Å². The van der Waals surface area contributed by atoms with Crippen molar-refractivity contribution in [3.8, 4) is 0 Å². The molecule has 4 heteroatoms. The van der Waals surface area contributed by atoms with Crippen LogP contribution in [0.3, 0.4) is 0 Å². The lowest BCUT2D eigenvalue weighted by atomic mass is 10.3. The predicted molar refractivity (Wildman–Crippen MR) is 71.8 cm³/mol. The van der Waals surface area contributed by atoms with Gasteiger partial charge in [-0.15, -0.1) is 23.1 Å². The van der Waals surface area contributed by atoms with Gasteiger partial charge in [-0.1, -0.05) is 11.6 Å². The lowest BCUT2D eigenvalue weighted by molar-refractivity contribution is 1.46. The zero-order chi connectivity index (χ0) is 10.8. The minimum atomic E-state index is 0.741. The van der Waals surface area contributed by atoms with Crippen molar-refractivity contribution in [2.75, 3.05) is 6.26 Å². The number of nitrogens with zero attached hydrogens (tertiary/aromatic N) is 1. The van der Waals surface area contributed by atoms with Crippen molar-refractivity contribution in [1.82, 2.24) is 4.98 Å². The van der Waals surface area contributed by atoms with Crippen LogP contribution in [0.1, 0.15) is 11.9 Å². The number of thiazole rings is 1. The van der Waals surface area contributed by atoms with Crippen LogP contribution in [-0.2, 0) is 0 Å². The lowest BCUT2D eigenvalue weighted by Crippen LogP contribution is -1.71. The minimum absolute atomic E-state index is 0.741. The van der Waals surface area contributed by atoms with Gasteiger partial charge in [0.2, 0.25) is 0 Å². The molecule has 2 rings (SSSR count). The molecule has 1 aromatic carbocycles. The fourth-order valence-electron chi connectivity index (χ4n) is 1.21. The molecule has 1 heterocycles. The van der Waals surface area contributed by atoms with Crippen LogP contribution < -0.4 is 0 Å². The Morgan fingerprint density at radius 2 is 2.33 bits per heavy atom. The van der Waals surface area contributed by atoms with E-state index < -0.39 is 0 Å². The van der Waals surface area contributed by atoms with Crippen LogP contribution in [-0.4, -0.2) is 11.2 Å². The Bertz CT molecular complexity index is 516. The summed E-state index contributed by atoms with van der Waals surface area (Å²) in [6.45, 7) is 2.09. The number of hydrogen-bond donors (Lipinski definition) is 0. The van der Waals surface area contributed by atoms with Crippen LogP contribution in [0.5, 0.6) is 0 Å². The third-order valence-corrected chi connectivity index (χ3v) is 4.00. The first-order valence-corrected chi connectivity index (χ1v) is 6.89. The van der Waals surface area contributed by atoms with Gasteiger partial charge in [-0.05, 0) is 42.4 Å². The molecule has 0 atom stereocenters. The number of aromatic nitrogens is 1. The Hall–Kier alpha value is -0.510. The molecule has 0 aliphatic heterocycles. The van der Waals surface area contributed by atoms with Gasteiger partial charge in [-0.2, -0.15) is 0 Å². The van der Waals surface area contributed by atoms with E-state index in [4.69, 9.17) is 11.6 Å². The first-order chi connectivity index (χ1) is 7.19. The second kappa shape index (κ2) is 4.56. The Balaban J connectivity index is 2.47. The summed E-state index contributed by atoms with van der Waals surface area (Å²) in [5.74, 6) is 0. The molecule has 15 heavy (non-hydrogen) atoms. The van der Waals surface area contributed by atoms with E-state index in [1.807, 2.05) is 18.2 Å². The maximum Gasteiger partial charge on any atom is 0.118 e. The number of benzene rings is 1. The lowest BCUT2D eigenvalue weighted by Gasteiger charge is -1.89. The Labute approximate surface area is 102 Å². The highest BCUT2D eigenvalue weighted by Gasteiger charge is 2.02. The van der Waals surface area contributed by atoms with Crippen molar-refractivity contribution in [2.45, 2.75) is 6.92 Å². The molecular weight excluding hydrogens is 246 g/mol. The molecule has 0 saturated carbocycles. The molecule has 1 nitrogen and oxygen atoms in total. The van der Waals surface area contributed by atoms with E-state index >= 15 is 0 Å². The van der Waals surface area contributed by atoms with Gasteiger partial charge in [-0.3, -0.25) is 0 Å². The Kier molecular flexibility index (Phi) is 3.34. The predicted octanol–water partition coefficient (Wildman–Crippen LogP) is 4.67. The summed E-state index contributed by atoms with van der Waals surface area (Å²) in [6.07, 6.45) is 4.17. The molecule has 0 aliphatic carbocycles. The molecule has 0 N–H and O–H groups in total. The average Bonchev–Trinajstić information content (AvgIpc) is 2.59. The molecule has 0 fully saturated rings. The van der Waals surface area contributed by atoms with E-state index in [1.54, 1.807) is 23.1 Å². The van der Waals surface area contributed by atoms with Crippen molar-refractivity contribution >= 4 is 51.0 Å². The third kappa shape index (κ3) is 2.54. The van der Waals surface area contributed by atoms with Crippen LogP contribution in [0.2, 0.25) is 5.02 Å². The van der Waals surface area contributed by atoms with Gasteiger partial charge >= 0.3 is 0 Å². The van der Waals surface area contributed by atoms with Gasteiger partial charge in [0.15, 0.2) is 0 Å². The number of hydrogen-bond acceptors (Lipinski definition) is 3. The van der Waals surface area contributed by atoms with Gasteiger partial charge in [0.1, 0.15) is 5.01 Å². The van der Waals surface area contributed by atoms with Crippen molar-refractivity contribution < 1.29 is 0 Å². The number of rotatable bonds is 2. The zero-order valence-electron chi connectivity index (χ0n) is 8.45. The van der Waals surface area contributed by atoms with Crippen LogP contribution in [0.25, 0.3) is 16.3 Å². The van der Waals surface area contributed by atoms with Gasteiger partial charge in [0.25, 0.3) is 0 Å².